The number of hydrogen-bond donors (Lipinski definition) is 2. The fourth-order valence-corrected chi connectivity index (χ4v) is 1.64. The number of nitrogens with one attached hydrogen (secondary N) is 1. The Hall–Kier alpha value is -1.56. The van der Waals surface area contributed by atoms with Crippen LogP contribution in [0.5, 0.6) is 0 Å². The Morgan fingerprint density at radius 2 is 1.95 bits per heavy atom. The maximum absolute atomic E-state index is 12.5. The summed E-state index contributed by atoms with van der Waals surface area (Å²) in [5.41, 5.74) is 4.00. The van der Waals surface area contributed by atoms with Gasteiger partial charge in [-0.25, -0.2) is 0 Å². The lowest BCUT2D eigenvalue weighted by atomic mass is 10.00. The predicted octanol–water partition coefficient (Wildman–Crippen LogP) is 2.56. The summed E-state index contributed by atoms with van der Waals surface area (Å²) in [4.78, 5) is 11.9. The summed E-state index contributed by atoms with van der Waals surface area (Å²) in [7, 11) is 0. The molecule has 0 aliphatic heterocycles. The monoisotopic (exact) mass is 274 g/mol. The molecule has 0 saturated heterocycles. The average Bonchev–Trinajstić information content (AvgIpc) is 2.27. The predicted molar refractivity (Wildman–Crippen MR) is 66.7 cm³/mol. The van der Waals surface area contributed by atoms with Crippen molar-refractivity contribution in [3.05, 3.63) is 35.4 Å². The van der Waals surface area contributed by atoms with Crippen molar-refractivity contribution in [1.82, 2.24) is 5.32 Å². The van der Waals surface area contributed by atoms with E-state index in [0.29, 0.717) is 13.0 Å². The number of carbonyl (C=O) groups excluding carboxylic acids is 1. The van der Waals surface area contributed by atoms with E-state index in [2.05, 4.69) is 5.32 Å². The van der Waals surface area contributed by atoms with Crippen molar-refractivity contribution in [1.29, 1.82) is 0 Å². The third-order valence-electron chi connectivity index (χ3n) is 2.67. The van der Waals surface area contributed by atoms with Gasteiger partial charge in [-0.1, -0.05) is 6.07 Å². The van der Waals surface area contributed by atoms with Gasteiger partial charge in [0, 0.05) is 11.1 Å². The lowest BCUT2D eigenvalue weighted by molar-refractivity contribution is -0.137. The fourth-order valence-electron chi connectivity index (χ4n) is 1.64. The van der Waals surface area contributed by atoms with Gasteiger partial charge < -0.3 is 11.1 Å². The highest BCUT2D eigenvalue weighted by Gasteiger charge is 2.31. The van der Waals surface area contributed by atoms with Gasteiger partial charge in [-0.2, -0.15) is 13.2 Å². The summed E-state index contributed by atoms with van der Waals surface area (Å²) >= 11 is 0. The molecule has 0 saturated carbocycles. The smallest absolute Gasteiger partial charge is 0.347 e. The molecule has 6 heteroatoms. The zero-order valence-electron chi connectivity index (χ0n) is 10.8. The van der Waals surface area contributed by atoms with Crippen molar-refractivity contribution < 1.29 is 18.0 Å². The molecular weight excluding hydrogens is 257 g/mol. The van der Waals surface area contributed by atoms with Crippen LogP contribution in [0.15, 0.2) is 24.3 Å². The van der Waals surface area contributed by atoms with Crippen LogP contribution in [0.4, 0.5) is 13.2 Å². The van der Waals surface area contributed by atoms with Crippen LogP contribution in [0.3, 0.4) is 0 Å². The molecule has 1 aromatic rings. The molecule has 0 atom stereocenters. The fraction of sp³-hybridized carbons (Fsp3) is 0.462. The summed E-state index contributed by atoms with van der Waals surface area (Å²) in [6.45, 7) is 3.92. The summed E-state index contributed by atoms with van der Waals surface area (Å²) in [6, 6.07) is 4.34. The minimum absolute atomic E-state index is 0.0140. The van der Waals surface area contributed by atoms with Crippen molar-refractivity contribution in [3.8, 4) is 0 Å². The van der Waals surface area contributed by atoms with Crippen LogP contribution in [0.2, 0.25) is 0 Å². The lowest BCUT2D eigenvalue weighted by Crippen LogP contribution is -2.44. The Bertz CT molecular complexity index is 455. The Balaban J connectivity index is 2.89. The number of alkyl halides is 3. The highest BCUT2D eigenvalue weighted by molar-refractivity contribution is 5.94. The molecule has 0 radical (unpaired) electrons. The quantitative estimate of drug-likeness (QED) is 0.886. The van der Waals surface area contributed by atoms with Crippen molar-refractivity contribution in [2.24, 2.45) is 5.73 Å². The molecule has 3 nitrogen and oxygen atoms in total. The number of nitrogens with two attached hydrogens (primary N) is 1. The SMILES string of the molecule is CC(C)(CCN)NC(=O)c1cccc(C(F)(F)F)c1. The first kappa shape index (κ1) is 15.5. The van der Waals surface area contributed by atoms with Crippen LogP contribution in [0.25, 0.3) is 0 Å². The molecule has 0 heterocycles. The van der Waals surface area contributed by atoms with E-state index in [1.807, 2.05) is 0 Å². The van der Waals surface area contributed by atoms with Gasteiger partial charge in [0.1, 0.15) is 0 Å². The number of carbonyl (C=O) groups is 1. The largest absolute Gasteiger partial charge is 0.416 e. The third-order valence-corrected chi connectivity index (χ3v) is 2.67. The normalized spacial score (nSPS) is 12.3. The highest BCUT2D eigenvalue weighted by atomic mass is 19.4. The molecule has 3 N–H and O–H groups in total. The number of halogens is 3. The summed E-state index contributed by atoms with van der Waals surface area (Å²) in [5, 5.41) is 2.67. The molecule has 0 bridgehead atoms. The second kappa shape index (κ2) is 5.61. The minimum Gasteiger partial charge on any atom is -0.347 e. The molecule has 0 unspecified atom stereocenters. The van der Waals surface area contributed by atoms with E-state index in [4.69, 9.17) is 5.73 Å². The van der Waals surface area contributed by atoms with Crippen molar-refractivity contribution in [2.75, 3.05) is 6.54 Å². The highest BCUT2D eigenvalue weighted by Crippen LogP contribution is 2.29. The van der Waals surface area contributed by atoms with Crippen molar-refractivity contribution >= 4 is 5.91 Å². The first-order valence-electron chi connectivity index (χ1n) is 5.85. The molecule has 0 aromatic heterocycles. The first-order chi connectivity index (χ1) is 8.65. The molecule has 0 aliphatic carbocycles. The summed E-state index contributed by atoms with van der Waals surface area (Å²) < 4.78 is 37.6. The van der Waals surface area contributed by atoms with E-state index in [0.717, 1.165) is 12.1 Å². The maximum atomic E-state index is 12.5. The van der Waals surface area contributed by atoms with Crippen LogP contribution in [0.1, 0.15) is 36.2 Å². The zero-order chi connectivity index (χ0) is 14.7. The first-order valence-corrected chi connectivity index (χ1v) is 5.85. The van der Waals surface area contributed by atoms with E-state index in [1.165, 1.54) is 12.1 Å². The average molecular weight is 274 g/mol. The van der Waals surface area contributed by atoms with Gasteiger partial charge in [0.25, 0.3) is 5.91 Å². The standard InChI is InChI=1S/C13H17F3N2O/c1-12(2,6-7-17)18-11(19)9-4-3-5-10(8-9)13(14,15)16/h3-5,8H,6-7,17H2,1-2H3,(H,18,19). The number of amides is 1. The van der Waals surface area contributed by atoms with Gasteiger partial charge in [-0.3, -0.25) is 4.79 Å². The summed E-state index contributed by atoms with van der Waals surface area (Å²) in [6.07, 6.45) is -3.92. The van der Waals surface area contributed by atoms with E-state index >= 15 is 0 Å². The van der Waals surface area contributed by atoms with Gasteiger partial charge in [0.05, 0.1) is 5.56 Å². The molecular formula is C13H17F3N2O. The number of rotatable bonds is 4. The van der Waals surface area contributed by atoms with Crippen LogP contribution in [0, 0.1) is 0 Å². The Morgan fingerprint density at radius 3 is 2.47 bits per heavy atom. The maximum Gasteiger partial charge on any atom is 0.416 e. The van der Waals surface area contributed by atoms with E-state index in [1.54, 1.807) is 13.8 Å². The molecule has 1 aromatic carbocycles. The Kier molecular flexibility index (Phi) is 4.57. The molecule has 1 amide bonds. The molecule has 0 spiro atoms. The molecule has 0 fully saturated rings. The molecule has 0 aliphatic rings. The lowest BCUT2D eigenvalue weighted by Gasteiger charge is -2.25. The Labute approximate surface area is 110 Å². The minimum atomic E-state index is -4.46. The second-order valence-electron chi connectivity index (χ2n) is 4.96. The van der Waals surface area contributed by atoms with E-state index in [9.17, 15) is 18.0 Å². The van der Waals surface area contributed by atoms with E-state index in [-0.39, 0.29) is 5.56 Å². The van der Waals surface area contributed by atoms with Gasteiger partial charge in [0.2, 0.25) is 0 Å². The van der Waals surface area contributed by atoms with Gasteiger partial charge >= 0.3 is 6.18 Å². The van der Waals surface area contributed by atoms with Crippen LogP contribution in [-0.4, -0.2) is 18.0 Å². The van der Waals surface area contributed by atoms with E-state index < -0.39 is 23.2 Å². The van der Waals surface area contributed by atoms with Crippen molar-refractivity contribution in [3.63, 3.8) is 0 Å². The Morgan fingerprint density at radius 1 is 1.32 bits per heavy atom. The van der Waals surface area contributed by atoms with Gasteiger partial charge in [-0.15, -0.1) is 0 Å². The second-order valence-corrected chi connectivity index (χ2v) is 4.96. The third kappa shape index (κ3) is 4.55. The van der Waals surface area contributed by atoms with Crippen LogP contribution < -0.4 is 11.1 Å². The zero-order valence-corrected chi connectivity index (χ0v) is 10.8. The number of benzene rings is 1. The van der Waals surface area contributed by atoms with Crippen molar-refractivity contribution in [2.45, 2.75) is 32.0 Å². The number of hydrogen-bond acceptors (Lipinski definition) is 2. The molecule has 106 valence electrons. The van der Waals surface area contributed by atoms with Crippen LogP contribution >= 0.6 is 0 Å². The van der Waals surface area contributed by atoms with Gasteiger partial charge in [0.15, 0.2) is 0 Å². The summed E-state index contributed by atoms with van der Waals surface area (Å²) in [5.74, 6) is -0.537. The topological polar surface area (TPSA) is 55.1 Å². The van der Waals surface area contributed by atoms with Crippen LogP contribution in [-0.2, 0) is 6.18 Å². The molecule has 1 rings (SSSR count). The van der Waals surface area contributed by atoms with Gasteiger partial charge in [-0.05, 0) is 45.0 Å². The molecule has 19 heavy (non-hydrogen) atoms.